The topological polar surface area (TPSA) is 126 Å². The van der Waals surface area contributed by atoms with Crippen LogP contribution >= 0.6 is 11.9 Å². The summed E-state index contributed by atoms with van der Waals surface area (Å²) in [6.45, 7) is 18.4. The molecule has 1 heterocycles. The van der Waals surface area contributed by atoms with Crippen molar-refractivity contribution in [3.8, 4) is 0 Å². The van der Waals surface area contributed by atoms with Crippen LogP contribution in [0.2, 0.25) is 0 Å². The van der Waals surface area contributed by atoms with Gasteiger partial charge in [-0.2, -0.15) is 0 Å². The molecule has 3 atom stereocenters. The molecule has 7 N–H and O–H groups in total. The number of amides is 2. The molecule has 0 aliphatic carbocycles. The number of aliphatic hydroxyl groups excluding tert-OH is 1. The number of hydrogen-bond donors (Lipinski definition) is 7. The highest BCUT2D eigenvalue weighted by Gasteiger charge is 2.33. The van der Waals surface area contributed by atoms with Gasteiger partial charge in [0.05, 0.1) is 12.4 Å². The zero-order valence-electron chi connectivity index (χ0n) is 27.6. The van der Waals surface area contributed by atoms with E-state index in [4.69, 9.17) is 15.6 Å². The molecule has 1 fully saturated rings. The summed E-state index contributed by atoms with van der Waals surface area (Å²) in [6.07, 6.45) is 12.1. The first-order valence-electron chi connectivity index (χ1n) is 14.9. The standard InChI is InChI=1S/C28H48F2N4OS.C2H6.CH4O.H2O2/c1-8-24(30)26(34-36-20(4)5)17-22(7)19-32-27(35)31-15-11-13-28(10-3)14-12-23(16-21(6)18-29)25(9-2)33-28;3*1-2/h8-9,16-17,20-22,33-34H,10-15,18-19H2,1-7H3,(H2,31,32,35);1-2H3;2H,1H3;1-2H/b23-16-,24-8+,25-9+,26-17+;;;. The SMILES string of the molecule is C/C=C1/NC(CC)(CCCNC(=O)NCC(C)/C=C(NSC(C)C)\C(F)=C/C)CC/C1=C/C(C)CF.CC.CO.OO. The predicted octanol–water partition coefficient (Wildman–Crippen LogP) is 7.73. The number of alkyl halides is 1. The molecular formula is C31H60F2N4O4S. The molecule has 0 aromatic carbocycles. The second-order valence-corrected chi connectivity index (χ2v) is 11.4. The third-order valence-corrected chi connectivity index (χ3v) is 7.19. The molecule has 0 spiro atoms. The number of allylic oxidation sites excluding steroid dienone is 5. The van der Waals surface area contributed by atoms with E-state index in [1.165, 1.54) is 23.6 Å². The molecule has 11 heteroatoms. The number of piperidine rings is 1. The lowest BCUT2D eigenvalue weighted by atomic mass is 9.79. The van der Waals surface area contributed by atoms with Gasteiger partial charge in [-0.05, 0) is 75.5 Å². The van der Waals surface area contributed by atoms with Crippen molar-refractivity contribution in [3.05, 3.63) is 47.1 Å². The molecule has 1 aliphatic heterocycles. The quantitative estimate of drug-likeness (QED) is 0.0348. The van der Waals surface area contributed by atoms with E-state index in [-0.39, 0.29) is 35.9 Å². The summed E-state index contributed by atoms with van der Waals surface area (Å²) >= 11 is 1.46. The summed E-state index contributed by atoms with van der Waals surface area (Å²) in [5, 5.41) is 28.9. The van der Waals surface area contributed by atoms with Crippen LogP contribution in [0.15, 0.2) is 47.1 Å². The summed E-state index contributed by atoms with van der Waals surface area (Å²) in [6, 6.07) is -0.213. The first-order valence-corrected chi connectivity index (χ1v) is 15.8. The summed E-state index contributed by atoms with van der Waals surface area (Å²) in [5.41, 5.74) is 2.73. The monoisotopic (exact) mass is 622 g/mol. The van der Waals surface area contributed by atoms with Gasteiger partial charge < -0.3 is 25.8 Å². The molecule has 248 valence electrons. The molecule has 8 nitrogen and oxygen atoms in total. The largest absolute Gasteiger partial charge is 0.400 e. The fraction of sp³-hybridized carbons (Fsp3) is 0.710. The average Bonchev–Trinajstić information content (AvgIpc) is 3.03. The van der Waals surface area contributed by atoms with Crippen LogP contribution in [0.1, 0.15) is 94.4 Å². The predicted molar refractivity (Wildman–Crippen MR) is 176 cm³/mol. The molecule has 1 aliphatic rings. The molecule has 1 rings (SSSR count). The fourth-order valence-electron chi connectivity index (χ4n) is 4.17. The number of urea groups is 1. The van der Waals surface area contributed by atoms with Crippen LogP contribution in [-0.2, 0) is 0 Å². The summed E-state index contributed by atoms with van der Waals surface area (Å²) in [7, 11) is 1.00. The molecule has 3 unspecified atom stereocenters. The Morgan fingerprint density at radius 1 is 1.12 bits per heavy atom. The number of hydrogen-bond acceptors (Lipinski definition) is 7. The third kappa shape index (κ3) is 19.2. The van der Waals surface area contributed by atoms with E-state index in [2.05, 4.69) is 33.7 Å². The van der Waals surface area contributed by atoms with Crippen molar-refractivity contribution in [2.75, 3.05) is 26.9 Å². The Hall–Kier alpha value is -2.08. The number of aliphatic hydroxyl groups is 1. The van der Waals surface area contributed by atoms with Crippen LogP contribution < -0.4 is 20.7 Å². The van der Waals surface area contributed by atoms with Crippen LogP contribution in [0, 0.1) is 11.8 Å². The average molecular weight is 623 g/mol. The van der Waals surface area contributed by atoms with Crippen molar-refractivity contribution in [3.63, 3.8) is 0 Å². The fourth-order valence-corrected chi connectivity index (χ4v) is 4.70. The van der Waals surface area contributed by atoms with Gasteiger partial charge in [-0.3, -0.25) is 14.9 Å². The van der Waals surface area contributed by atoms with Crippen molar-refractivity contribution in [1.29, 1.82) is 0 Å². The Morgan fingerprint density at radius 3 is 2.24 bits per heavy atom. The van der Waals surface area contributed by atoms with Crippen molar-refractivity contribution in [2.45, 2.75) is 105 Å². The van der Waals surface area contributed by atoms with Gasteiger partial charge >= 0.3 is 6.03 Å². The molecule has 42 heavy (non-hydrogen) atoms. The Labute approximate surface area is 258 Å². The zero-order valence-corrected chi connectivity index (χ0v) is 28.4. The van der Waals surface area contributed by atoms with E-state index in [0.717, 1.165) is 44.9 Å². The first kappa shape index (κ1) is 44.4. The maximum Gasteiger partial charge on any atom is 0.314 e. The van der Waals surface area contributed by atoms with E-state index in [1.54, 1.807) is 13.0 Å². The van der Waals surface area contributed by atoms with E-state index in [9.17, 15) is 13.6 Å². The van der Waals surface area contributed by atoms with Crippen LogP contribution in [0.25, 0.3) is 0 Å². The minimum Gasteiger partial charge on any atom is -0.400 e. The molecule has 0 aromatic heterocycles. The van der Waals surface area contributed by atoms with Crippen LogP contribution in [0.4, 0.5) is 13.6 Å². The number of halogens is 2. The second kappa shape index (κ2) is 27.7. The van der Waals surface area contributed by atoms with Gasteiger partial charge in [0.15, 0.2) is 0 Å². The summed E-state index contributed by atoms with van der Waals surface area (Å²) in [4.78, 5) is 12.3. The first-order chi connectivity index (χ1) is 20.1. The Kier molecular flexibility index (Phi) is 29.3. The van der Waals surface area contributed by atoms with Crippen molar-refractivity contribution < 1.29 is 29.2 Å². The number of carbonyl (C=O) groups is 1. The lowest BCUT2D eigenvalue weighted by Gasteiger charge is -2.41. The summed E-state index contributed by atoms with van der Waals surface area (Å²) < 4.78 is 30.2. The van der Waals surface area contributed by atoms with Gasteiger partial charge in [0.2, 0.25) is 0 Å². The molecular weight excluding hydrogens is 562 g/mol. The Balaban J connectivity index is -0.00000237. The molecule has 2 amide bonds. The van der Waals surface area contributed by atoms with Gasteiger partial charge in [0, 0.05) is 42.6 Å². The van der Waals surface area contributed by atoms with Gasteiger partial charge in [-0.1, -0.05) is 66.7 Å². The lowest BCUT2D eigenvalue weighted by molar-refractivity contribution is -0.176. The maximum absolute atomic E-state index is 14.2. The van der Waals surface area contributed by atoms with Gasteiger partial charge in [-0.15, -0.1) is 0 Å². The smallest absolute Gasteiger partial charge is 0.314 e. The lowest BCUT2D eigenvalue weighted by Crippen LogP contribution is -2.48. The van der Waals surface area contributed by atoms with Crippen LogP contribution in [0.3, 0.4) is 0 Å². The van der Waals surface area contributed by atoms with E-state index < -0.39 is 0 Å². The second-order valence-electron chi connectivity index (χ2n) is 9.99. The minimum absolute atomic E-state index is 0.0101. The molecule has 0 saturated carbocycles. The highest BCUT2D eigenvalue weighted by atomic mass is 32.2. The maximum atomic E-state index is 14.2. The van der Waals surface area contributed by atoms with Crippen molar-refractivity contribution in [2.24, 2.45) is 11.8 Å². The summed E-state index contributed by atoms with van der Waals surface area (Å²) in [5.74, 6) is -0.412. The van der Waals surface area contributed by atoms with E-state index >= 15 is 0 Å². The molecule has 1 saturated heterocycles. The highest BCUT2D eigenvalue weighted by molar-refractivity contribution is 7.98. The number of carbonyl (C=O) groups excluding carboxylic acids is 1. The molecule has 0 aromatic rings. The van der Waals surface area contributed by atoms with Gasteiger partial charge in [0.1, 0.15) is 5.83 Å². The Morgan fingerprint density at radius 2 is 1.74 bits per heavy atom. The van der Waals surface area contributed by atoms with E-state index in [0.29, 0.717) is 24.0 Å². The van der Waals surface area contributed by atoms with E-state index in [1.807, 2.05) is 54.5 Å². The Bertz CT molecular complexity index is 823. The minimum atomic E-state index is -0.343. The molecule has 0 bridgehead atoms. The third-order valence-electron chi connectivity index (χ3n) is 6.38. The zero-order chi connectivity index (χ0) is 33.1. The van der Waals surface area contributed by atoms with Gasteiger partial charge in [-0.25, -0.2) is 9.18 Å². The van der Waals surface area contributed by atoms with Crippen molar-refractivity contribution in [1.82, 2.24) is 20.7 Å². The van der Waals surface area contributed by atoms with Gasteiger partial charge in [0.25, 0.3) is 0 Å². The molecule has 0 radical (unpaired) electrons. The van der Waals surface area contributed by atoms with Crippen LogP contribution in [-0.4, -0.2) is 59.3 Å². The van der Waals surface area contributed by atoms with Crippen LogP contribution in [0.5, 0.6) is 0 Å². The normalized spacial score (nSPS) is 20.1. The highest BCUT2D eigenvalue weighted by Crippen LogP contribution is 2.34. The number of rotatable bonds is 14. The number of nitrogens with one attached hydrogen (secondary N) is 4. The van der Waals surface area contributed by atoms with Crippen molar-refractivity contribution >= 4 is 18.0 Å².